The normalized spacial score (nSPS) is 13.4. The summed E-state index contributed by atoms with van der Waals surface area (Å²) in [7, 11) is -3.68. The fourth-order valence-corrected chi connectivity index (χ4v) is 3.53. The molecule has 0 fully saturated rings. The van der Waals surface area contributed by atoms with Crippen LogP contribution in [0, 0.1) is 18.7 Å². The van der Waals surface area contributed by atoms with E-state index < -0.39 is 15.8 Å². The largest absolute Gasteiger partial charge is 0.330 e. The molecule has 3 N–H and O–H groups in total. The molecule has 0 aliphatic carbocycles. The summed E-state index contributed by atoms with van der Waals surface area (Å²) in [4.78, 5) is 0.000460. The van der Waals surface area contributed by atoms with Gasteiger partial charge in [0.25, 0.3) is 0 Å². The monoisotopic (exact) mass is 302 g/mol. The molecule has 20 heavy (non-hydrogen) atoms. The van der Waals surface area contributed by atoms with E-state index in [0.717, 1.165) is 25.3 Å². The molecule has 1 aromatic carbocycles. The molecule has 114 valence electrons. The first-order chi connectivity index (χ1) is 9.40. The van der Waals surface area contributed by atoms with Gasteiger partial charge in [-0.05, 0) is 49.9 Å². The van der Waals surface area contributed by atoms with E-state index in [1.54, 1.807) is 6.92 Å². The van der Waals surface area contributed by atoms with Crippen molar-refractivity contribution in [3.63, 3.8) is 0 Å². The van der Waals surface area contributed by atoms with Gasteiger partial charge in [-0.3, -0.25) is 0 Å². The first-order valence-electron chi connectivity index (χ1n) is 6.86. The quantitative estimate of drug-likeness (QED) is 0.773. The summed E-state index contributed by atoms with van der Waals surface area (Å²) in [5.74, 6) is -0.336. The number of halogens is 1. The summed E-state index contributed by atoms with van der Waals surface area (Å²) in [5.41, 5.74) is 6.06. The minimum absolute atomic E-state index is 0.000460. The van der Waals surface area contributed by atoms with Crippen molar-refractivity contribution < 1.29 is 12.8 Å². The standard InChI is InChI=1S/C14H23FN2O2S/c1-3-4-12(7-8-16)10-17-20(18,19)14-9-13(15)6-5-11(14)2/h5-6,9,12,17H,3-4,7-8,10,16H2,1-2H3. The van der Waals surface area contributed by atoms with Crippen molar-refractivity contribution in [1.29, 1.82) is 0 Å². The molecule has 0 radical (unpaired) electrons. The van der Waals surface area contributed by atoms with Crippen LogP contribution in [0.1, 0.15) is 31.7 Å². The van der Waals surface area contributed by atoms with Gasteiger partial charge in [-0.1, -0.05) is 19.4 Å². The van der Waals surface area contributed by atoms with Crippen LogP contribution in [0.25, 0.3) is 0 Å². The van der Waals surface area contributed by atoms with E-state index in [-0.39, 0.29) is 10.8 Å². The predicted molar refractivity (Wildman–Crippen MR) is 78.4 cm³/mol. The van der Waals surface area contributed by atoms with Crippen molar-refractivity contribution in [2.75, 3.05) is 13.1 Å². The highest BCUT2D eigenvalue weighted by atomic mass is 32.2. The second-order valence-corrected chi connectivity index (χ2v) is 6.73. The Balaban J connectivity index is 2.81. The van der Waals surface area contributed by atoms with E-state index in [1.165, 1.54) is 12.1 Å². The van der Waals surface area contributed by atoms with Gasteiger partial charge in [0.05, 0.1) is 4.90 Å². The molecule has 0 heterocycles. The number of aryl methyl sites for hydroxylation is 1. The van der Waals surface area contributed by atoms with E-state index in [0.29, 0.717) is 18.7 Å². The Kier molecular flexibility index (Phi) is 6.58. The van der Waals surface area contributed by atoms with Gasteiger partial charge in [-0.25, -0.2) is 17.5 Å². The predicted octanol–water partition coefficient (Wildman–Crippen LogP) is 2.18. The Morgan fingerprint density at radius 3 is 2.65 bits per heavy atom. The lowest BCUT2D eigenvalue weighted by molar-refractivity contribution is 0.443. The first-order valence-corrected chi connectivity index (χ1v) is 8.35. The van der Waals surface area contributed by atoms with Gasteiger partial charge in [0.2, 0.25) is 10.0 Å². The molecule has 0 aliphatic heterocycles. The fourth-order valence-electron chi connectivity index (χ4n) is 2.16. The van der Waals surface area contributed by atoms with Crippen molar-refractivity contribution in [3.05, 3.63) is 29.6 Å². The number of nitrogens with two attached hydrogens (primary N) is 1. The number of rotatable bonds is 8. The fraction of sp³-hybridized carbons (Fsp3) is 0.571. The molecule has 0 aliphatic rings. The van der Waals surface area contributed by atoms with Gasteiger partial charge >= 0.3 is 0 Å². The van der Waals surface area contributed by atoms with Crippen LogP contribution in [0.15, 0.2) is 23.1 Å². The van der Waals surface area contributed by atoms with E-state index in [9.17, 15) is 12.8 Å². The summed E-state index contributed by atoms with van der Waals surface area (Å²) in [6.07, 6.45) is 2.67. The zero-order chi connectivity index (χ0) is 15.2. The van der Waals surface area contributed by atoms with Gasteiger partial charge in [-0.15, -0.1) is 0 Å². The second kappa shape index (κ2) is 7.71. The molecule has 1 unspecified atom stereocenters. The van der Waals surface area contributed by atoms with Gasteiger partial charge in [0, 0.05) is 6.54 Å². The van der Waals surface area contributed by atoms with Crippen molar-refractivity contribution in [2.24, 2.45) is 11.7 Å². The van der Waals surface area contributed by atoms with Crippen LogP contribution < -0.4 is 10.5 Å². The highest BCUT2D eigenvalue weighted by molar-refractivity contribution is 7.89. The Labute approximate surface area is 120 Å². The third kappa shape index (κ3) is 4.85. The number of sulfonamides is 1. The van der Waals surface area contributed by atoms with Crippen molar-refractivity contribution >= 4 is 10.0 Å². The van der Waals surface area contributed by atoms with E-state index in [2.05, 4.69) is 11.6 Å². The average Bonchev–Trinajstić information content (AvgIpc) is 2.39. The van der Waals surface area contributed by atoms with Gasteiger partial charge < -0.3 is 5.73 Å². The Hall–Kier alpha value is -0.980. The summed E-state index contributed by atoms with van der Waals surface area (Å²) < 4.78 is 40.2. The van der Waals surface area contributed by atoms with Crippen LogP contribution >= 0.6 is 0 Å². The van der Waals surface area contributed by atoms with Crippen molar-refractivity contribution in [1.82, 2.24) is 4.72 Å². The molecule has 4 nitrogen and oxygen atoms in total. The molecular weight excluding hydrogens is 279 g/mol. The van der Waals surface area contributed by atoms with Crippen LogP contribution in [-0.2, 0) is 10.0 Å². The molecule has 0 saturated heterocycles. The molecular formula is C14H23FN2O2S. The molecule has 0 aromatic heterocycles. The van der Waals surface area contributed by atoms with E-state index in [4.69, 9.17) is 5.73 Å². The number of hydrogen-bond acceptors (Lipinski definition) is 3. The molecule has 1 aromatic rings. The summed E-state index contributed by atoms with van der Waals surface area (Å²) in [6, 6.07) is 3.77. The molecule has 0 spiro atoms. The topological polar surface area (TPSA) is 72.2 Å². The second-order valence-electron chi connectivity index (χ2n) is 4.99. The maximum absolute atomic E-state index is 13.2. The van der Waals surface area contributed by atoms with Crippen molar-refractivity contribution in [3.8, 4) is 0 Å². The molecule has 0 saturated carbocycles. The highest BCUT2D eigenvalue weighted by Crippen LogP contribution is 2.17. The lowest BCUT2D eigenvalue weighted by Crippen LogP contribution is -2.31. The van der Waals surface area contributed by atoms with Gasteiger partial charge in [-0.2, -0.15) is 0 Å². The van der Waals surface area contributed by atoms with Gasteiger partial charge in [0.15, 0.2) is 0 Å². The lowest BCUT2D eigenvalue weighted by Gasteiger charge is -2.16. The highest BCUT2D eigenvalue weighted by Gasteiger charge is 2.19. The maximum atomic E-state index is 13.2. The molecule has 1 rings (SSSR count). The average molecular weight is 302 g/mol. The Morgan fingerprint density at radius 2 is 2.05 bits per heavy atom. The minimum atomic E-state index is -3.68. The Morgan fingerprint density at radius 1 is 1.35 bits per heavy atom. The third-order valence-corrected chi connectivity index (χ3v) is 4.84. The van der Waals surface area contributed by atoms with Crippen LogP contribution in [0.2, 0.25) is 0 Å². The molecule has 1 atom stereocenters. The number of benzene rings is 1. The number of nitrogens with one attached hydrogen (secondary N) is 1. The molecule has 6 heteroatoms. The first kappa shape index (κ1) is 17.1. The summed E-state index contributed by atoms with van der Waals surface area (Å²) in [6.45, 7) is 4.57. The smallest absolute Gasteiger partial charge is 0.240 e. The van der Waals surface area contributed by atoms with Gasteiger partial charge in [0.1, 0.15) is 5.82 Å². The molecule has 0 bridgehead atoms. The zero-order valence-corrected chi connectivity index (χ0v) is 12.8. The zero-order valence-electron chi connectivity index (χ0n) is 12.0. The van der Waals surface area contributed by atoms with Crippen LogP contribution in [0.4, 0.5) is 4.39 Å². The maximum Gasteiger partial charge on any atom is 0.240 e. The van der Waals surface area contributed by atoms with Crippen LogP contribution in [0.3, 0.4) is 0 Å². The van der Waals surface area contributed by atoms with Crippen LogP contribution in [0.5, 0.6) is 0 Å². The van der Waals surface area contributed by atoms with Crippen molar-refractivity contribution in [2.45, 2.75) is 38.0 Å². The van der Waals surface area contributed by atoms with E-state index >= 15 is 0 Å². The summed E-state index contributed by atoms with van der Waals surface area (Å²) >= 11 is 0. The third-order valence-electron chi connectivity index (χ3n) is 3.27. The SMILES string of the molecule is CCCC(CCN)CNS(=O)(=O)c1cc(F)ccc1C. The minimum Gasteiger partial charge on any atom is -0.330 e. The lowest BCUT2D eigenvalue weighted by atomic mass is 10.0. The van der Waals surface area contributed by atoms with Crippen LogP contribution in [-0.4, -0.2) is 21.5 Å². The molecule has 0 amide bonds. The number of hydrogen-bond donors (Lipinski definition) is 2. The van der Waals surface area contributed by atoms with E-state index in [1.807, 2.05) is 0 Å². The summed E-state index contributed by atoms with van der Waals surface area (Å²) in [5, 5.41) is 0. The Bertz CT molecular complexity index is 526.